The van der Waals surface area contributed by atoms with Crippen LogP contribution in [0.4, 0.5) is 15.8 Å². The summed E-state index contributed by atoms with van der Waals surface area (Å²) in [6.07, 6.45) is 1.20. The van der Waals surface area contributed by atoms with Crippen molar-refractivity contribution in [1.29, 1.82) is 0 Å². The van der Waals surface area contributed by atoms with E-state index in [1.54, 1.807) is 0 Å². The zero-order valence-electron chi connectivity index (χ0n) is 10.4. The van der Waals surface area contributed by atoms with Gasteiger partial charge in [-0.05, 0) is 30.3 Å². The molecule has 0 aliphatic rings. The average Bonchev–Trinajstić information content (AvgIpc) is 2.41. The number of sulfonamides is 1. The fourth-order valence-electron chi connectivity index (χ4n) is 1.61. The molecule has 8 heteroatoms. The van der Waals surface area contributed by atoms with Crippen molar-refractivity contribution in [3.8, 4) is 0 Å². The Labute approximate surface area is 120 Å². The molecule has 20 heavy (non-hydrogen) atoms. The van der Waals surface area contributed by atoms with E-state index in [0.717, 1.165) is 10.4 Å². The van der Waals surface area contributed by atoms with Gasteiger partial charge in [-0.25, -0.2) is 9.37 Å². The molecule has 0 saturated heterocycles. The highest BCUT2D eigenvalue weighted by atomic mass is 35.5. The van der Waals surface area contributed by atoms with Crippen LogP contribution in [0.5, 0.6) is 0 Å². The van der Waals surface area contributed by atoms with E-state index in [4.69, 9.17) is 17.3 Å². The summed E-state index contributed by atoms with van der Waals surface area (Å²) >= 11 is 5.82. The number of benzene rings is 1. The number of nitrogens with zero attached hydrogens (tertiary/aromatic N) is 2. The fourth-order valence-corrected chi connectivity index (χ4v) is 2.96. The van der Waals surface area contributed by atoms with E-state index >= 15 is 0 Å². The number of rotatable bonds is 3. The van der Waals surface area contributed by atoms with Gasteiger partial charge in [0.25, 0.3) is 10.0 Å². The molecule has 0 aliphatic heterocycles. The van der Waals surface area contributed by atoms with Crippen LogP contribution in [0.25, 0.3) is 0 Å². The SMILES string of the molecule is CN(c1cc(Cl)ccc1N)S(=O)(=O)c1ncccc1F. The van der Waals surface area contributed by atoms with Crippen LogP contribution in [0, 0.1) is 5.82 Å². The summed E-state index contributed by atoms with van der Waals surface area (Å²) in [5, 5.41) is -0.348. The Kier molecular flexibility index (Phi) is 3.82. The summed E-state index contributed by atoms with van der Waals surface area (Å²) in [4.78, 5) is 3.57. The van der Waals surface area contributed by atoms with Gasteiger partial charge in [0.1, 0.15) is 0 Å². The van der Waals surface area contributed by atoms with Crippen molar-refractivity contribution >= 4 is 33.0 Å². The lowest BCUT2D eigenvalue weighted by atomic mass is 10.3. The second-order valence-electron chi connectivity index (χ2n) is 3.97. The first kappa shape index (κ1) is 14.5. The predicted octanol–water partition coefficient (Wildman–Crippen LogP) is 2.28. The first-order chi connectivity index (χ1) is 9.34. The van der Waals surface area contributed by atoms with Crippen LogP contribution in [0.1, 0.15) is 0 Å². The highest BCUT2D eigenvalue weighted by Gasteiger charge is 2.27. The maximum Gasteiger partial charge on any atom is 0.284 e. The third-order valence-electron chi connectivity index (χ3n) is 2.66. The summed E-state index contributed by atoms with van der Waals surface area (Å²) in [5.41, 5.74) is 6.08. The van der Waals surface area contributed by atoms with Crippen LogP contribution in [0.2, 0.25) is 5.02 Å². The quantitative estimate of drug-likeness (QED) is 0.882. The molecular weight excluding hydrogens is 305 g/mol. The number of halogens is 2. The highest BCUT2D eigenvalue weighted by Crippen LogP contribution is 2.30. The largest absolute Gasteiger partial charge is 0.397 e. The molecule has 1 aromatic heterocycles. The normalized spacial score (nSPS) is 11.3. The molecule has 0 spiro atoms. The number of nitrogen functional groups attached to an aromatic ring is 1. The van der Waals surface area contributed by atoms with Gasteiger partial charge >= 0.3 is 0 Å². The fraction of sp³-hybridized carbons (Fsp3) is 0.0833. The molecule has 0 unspecified atom stereocenters. The summed E-state index contributed by atoms with van der Waals surface area (Å²) < 4.78 is 39.1. The molecule has 0 radical (unpaired) electrons. The van der Waals surface area contributed by atoms with Gasteiger partial charge in [-0.2, -0.15) is 8.42 Å². The van der Waals surface area contributed by atoms with Crippen LogP contribution in [-0.4, -0.2) is 20.4 Å². The summed E-state index contributed by atoms with van der Waals surface area (Å²) in [6, 6.07) is 6.72. The number of hydrogen-bond donors (Lipinski definition) is 1. The summed E-state index contributed by atoms with van der Waals surface area (Å²) in [5.74, 6) is -0.931. The zero-order valence-corrected chi connectivity index (χ0v) is 12.0. The van der Waals surface area contributed by atoms with Crippen molar-refractivity contribution in [1.82, 2.24) is 4.98 Å². The number of aromatic nitrogens is 1. The topological polar surface area (TPSA) is 76.3 Å². The molecule has 1 heterocycles. The second-order valence-corrected chi connectivity index (χ2v) is 6.29. The molecule has 2 rings (SSSR count). The Morgan fingerprint density at radius 1 is 1.35 bits per heavy atom. The molecule has 0 atom stereocenters. The number of pyridine rings is 1. The molecular formula is C12H11ClFN3O2S. The molecule has 0 aliphatic carbocycles. The Morgan fingerprint density at radius 2 is 2.05 bits per heavy atom. The van der Waals surface area contributed by atoms with Gasteiger partial charge in [-0.1, -0.05) is 11.6 Å². The van der Waals surface area contributed by atoms with Gasteiger partial charge in [-0.3, -0.25) is 4.31 Å². The average molecular weight is 316 g/mol. The lowest BCUT2D eigenvalue weighted by Gasteiger charge is -2.20. The van der Waals surface area contributed by atoms with Crippen LogP contribution >= 0.6 is 11.6 Å². The first-order valence-electron chi connectivity index (χ1n) is 5.48. The van der Waals surface area contributed by atoms with Crippen molar-refractivity contribution in [2.75, 3.05) is 17.1 Å². The lowest BCUT2D eigenvalue weighted by Crippen LogP contribution is -2.28. The van der Waals surface area contributed by atoms with Gasteiger partial charge in [0.05, 0.1) is 11.4 Å². The second kappa shape index (κ2) is 5.26. The third-order valence-corrected chi connectivity index (χ3v) is 4.60. The van der Waals surface area contributed by atoms with E-state index < -0.39 is 20.9 Å². The van der Waals surface area contributed by atoms with Gasteiger partial charge < -0.3 is 5.73 Å². The van der Waals surface area contributed by atoms with Gasteiger partial charge in [0.2, 0.25) is 5.03 Å². The van der Waals surface area contributed by atoms with E-state index in [0.29, 0.717) is 5.02 Å². The predicted molar refractivity (Wildman–Crippen MR) is 75.6 cm³/mol. The maximum absolute atomic E-state index is 13.6. The number of hydrogen-bond acceptors (Lipinski definition) is 4. The van der Waals surface area contributed by atoms with Crippen LogP contribution < -0.4 is 10.0 Å². The Balaban J connectivity index is 2.55. The first-order valence-corrected chi connectivity index (χ1v) is 7.30. The standard InChI is InChI=1S/C12H11ClFN3O2S/c1-17(11-7-8(13)4-5-10(11)15)20(18,19)12-9(14)3-2-6-16-12/h2-7H,15H2,1H3. The van der Waals surface area contributed by atoms with Crippen LogP contribution in [0.15, 0.2) is 41.6 Å². The molecule has 2 N–H and O–H groups in total. The molecule has 0 amide bonds. The molecule has 106 valence electrons. The van der Waals surface area contributed by atoms with E-state index in [1.807, 2.05) is 0 Å². The number of nitrogens with two attached hydrogens (primary N) is 1. The Bertz CT molecular complexity index is 752. The van der Waals surface area contributed by atoms with E-state index in [-0.39, 0.29) is 11.4 Å². The minimum absolute atomic E-state index is 0.155. The van der Waals surface area contributed by atoms with Crippen molar-refractivity contribution in [2.24, 2.45) is 0 Å². The number of anilines is 2. The van der Waals surface area contributed by atoms with Crippen molar-refractivity contribution in [3.05, 3.63) is 47.4 Å². The molecule has 0 fully saturated rings. The molecule has 1 aromatic carbocycles. The van der Waals surface area contributed by atoms with E-state index in [1.165, 1.54) is 37.5 Å². The molecule has 0 saturated carbocycles. The molecule has 0 bridgehead atoms. The maximum atomic E-state index is 13.6. The van der Waals surface area contributed by atoms with Gasteiger partial charge in [0, 0.05) is 18.3 Å². The summed E-state index contributed by atoms with van der Waals surface area (Å²) in [7, 11) is -2.90. The minimum Gasteiger partial charge on any atom is -0.397 e. The third kappa shape index (κ3) is 2.54. The van der Waals surface area contributed by atoms with Gasteiger partial charge in [0.15, 0.2) is 5.82 Å². The van der Waals surface area contributed by atoms with Crippen molar-refractivity contribution in [3.63, 3.8) is 0 Å². The highest BCUT2D eigenvalue weighted by molar-refractivity contribution is 7.92. The monoisotopic (exact) mass is 315 g/mol. The Morgan fingerprint density at radius 3 is 2.70 bits per heavy atom. The summed E-state index contributed by atoms with van der Waals surface area (Å²) in [6.45, 7) is 0. The van der Waals surface area contributed by atoms with Crippen molar-refractivity contribution < 1.29 is 12.8 Å². The van der Waals surface area contributed by atoms with E-state index in [2.05, 4.69) is 4.98 Å². The van der Waals surface area contributed by atoms with Crippen molar-refractivity contribution in [2.45, 2.75) is 5.03 Å². The lowest BCUT2D eigenvalue weighted by molar-refractivity contribution is 0.552. The minimum atomic E-state index is -4.15. The zero-order chi connectivity index (χ0) is 14.9. The van der Waals surface area contributed by atoms with Crippen LogP contribution in [0.3, 0.4) is 0 Å². The Hall–Kier alpha value is -1.86. The molecule has 2 aromatic rings. The molecule has 5 nitrogen and oxygen atoms in total. The van der Waals surface area contributed by atoms with Crippen LogP contribution in [-0.2, 0) is 10.0 Å². The van der Waals surface area contributed by atoms with E-state index in [9.17, 15) is 12.8 Å². The smallest absolute Gasteiger partial charge is 0.284 e. The van der Waals surface area contributed by atoms with Gasteiger partial charge in [-0.15, -0.1) is 0 Å².